The number of aliphatic hydroxyl groups excluding tert-OH is 1. The van der Waals surface area contributed by atoms with Gasteiger partial charge in [-0.1, -0.05) is 0 Å². The molecule has 0 atom stereocenters. The Labute approximate surface area is 79.2 Å². The van der Waals surface area contributed by atoms with Crippen LogP contribution < -0.4 is 5.73 Å². The number of carbonyl (C=O) groups is 1. The highest BCUT2D eigenvalue weighted by molar-refractivity contribution is 5.95. The standard InChI is InChI=1S/C9H8N2O3/c10-9(13)5-1-2-6-7(3-5)14-8(4-12)11-6/h1-3,12H,4H2,(H2,10,13). The Kier molecular flexibility index (Phi) is 1.94. The smallest absolute Gasteiger partial charge is 0.248 e. The molecule has 0 saturated carbocycles. The van der Waals surface area contributed by atoms with Gasteiger partial charge < -0.3 is 15.3 Å². The van der Waals surface area contributed by atoms with E-state index in [1.54, 1.807) is 12.1 Å². The number of nitrogens with zero attached hydrogens (tertiary/aromatic N) is 1. The molecule has 1 aromatic heterocycles. The zero-order valence-electron chi connectivity index (χ0n) is 7.23. The van der Waals surface area contributed by atoms with Gasteiger partial charge in [0.25, 0.3) is 0 Å². The summed E-state index contributed by atoms with van der Waals surface area (Å²) in [7, 11) is 0. The molecule has 3 N–H and O–H groups in total. The number of primary amides is 1. The highest BCUT2D eigenvalue weighted by Crippen LogP contribution is 2.16. The molecule has 0 bridgehead atoms. The minimum atomic E-state index is -0.520. The number of rotatable bonds is 2. The van der Waals surface area contributed by atoms with Crippen molar-refractivity contribution in [2.24, 2.45) is 5.73 Å². The SMILES string of the molecule is NC(=O)c1ccc2nc(CO)oc2c1. The number of benzene rings is 1. The number of nitrogens with two attached hydrogens (primary N) is 1. The van der Waals surface area contributed by atoms with Crippen molar-refractivity contribution < 1.29 is 14.3 Å². The van der Waals surface area contributed by atoms with Crippen LogP contribution in [0.3, 0.4) is 0 Å². The minimum absolute atomic E-state index is 0.224. The predicted octanol–water partition coefficient (Wildman–Crippen LogP) is 0.419. The molecular weight excluding hydrogens is 184 g/mol. The van der Waals surface area contributed by atoms with Crippen LogP contribution in [0.4, 0.5) is 0 Å². The Morgan fingerprint density at radius 1 is 1.57 bits per heavy atom. The average Bonchev–Trinajstić information content (AvgIpc) is 2.58. The molecule has 72 valence electrons. The first-order valence-corrected chi connectivity index (χ1v) is 4.01. The van der Waals surface area contributed by atoms with Gasteiger partial charge >= 0.3 is 0 Å². The third-order valence-corrected chi connectivity index (χ3v) is 1.85. The van der Waals surface area contributed by atoms with Crippen molar-refractivity contribution in [1.29, 1.82) is 0 Å². The van der Waals surface area contributed by atoms with Crippen LogP contribution in [0.2, 0.25) is 0 Å². The van der Waals surface area contributed by atoms with Crippen LogP contribution in [0.5, 0.6) is 0 Å². The largest absolute Gasteiger partial charge is 0.438 e. The van der Waals surface area contributed by atoms with Crippen LogP contribution in [0.1, 0.15) is 16.2 Å². The van der Waals surface area contributed by atoms with Crippen molar-refractivity contribution in [3.05, 3.63) is 29.7 Å². The van der Waals surface area contributed by atoms with E-state index >= 15 is 0 Å². The molecule has 1 aromatic carbocycles. The van der Waals surface area contributed by atoms with Crippen LogP contribution in [0, 0.1) is 0 Å². The average molecular weight is 192 g/mol. The number of fused-ring (bicyclic) bond motifs is 1. The summed E-state index contributed by atoms with van der Waals surface area (Å²) in [5.41, 5.74) is 6.50. The van der Waals surface area contributed by atoms with Gasteiger partial charge in [0.15, 0.2) is 5.58 Å². The summed E-state index contributed by atoms with van der Waals surface area (Å²) in [6.45, 7) is -0.263. The van der Waals surface area contributed by atoms with Crippen LogP contribution >= 0.6 is 0 Å². The van der Waals surface area contributed by atoms with Crippen molar-refractivity contribution in [3.63, 3.8) is 0 Å². The lowest BCUT2D eigenvalue weighted by Crippen LogP contribution is -2.10. The first-order chi connectivity index (χ1) is 6.70. The van der Waals surface area contributed by atoms with Crippen LogP contribution in [-0.4, -0.2) is 16.0 Å². The number of carbonyl (C=O) groups excluding carboxylic acids is 1. The third kappa shape index (κ3) is 1.33. The molecule has 0 radical (unpaired) electrons. The number of hydrogen-bond acceptors (Lipinski definition) is 4. The van der Waals surface area contributed by atoms with E-state index in [-0.39, 0.29) is 12.5 Å². The summed E-state index contributed by atoms with van der Waals surface area (Å²) >= 11 is 0. The Hall–Kier alpha value is -1.88. The molecule has 1 amide bonds. The first kappa shape index (κ1) is 8.71. The van der Waals surface area contributed by atoms with E-state index in [0.717, 1.165) is 0 Å². The molecule has 0 saturated heterocycles. The van der Waals surface area contributed by atoms with Crippen molar-refractivity contribution in [2.45, 2.75) is 6.61 Å². The highest BCUT2D eigenvalue weighted by Gasteiger charge is 2.07. The van der Waals surface area contributed by atoms with Gasteiger partial charge in [-0.25, -0.2) is 4.98 Å². The molecule has 0 aliphatic heterocycles. The molecule has 5 heteroatoms. The number of aromatic nitrogens is 1. The Bertz CT molecular complexity index is 490. The van der Waals surface area contributed by atoms with E-state index in [1.807, 2.05) is 0 Å². The van der Waals surface area contributed by atoms with Crippen molar-refractivity contribution in [3.8, 4) is 0 Å². The maximum absolute atomic E-state index is 10.8. The van der Waals surface area contributed by atoms with Gasteiger partial charge in [-0.2, -0.15) is 0 Å². The van der Waals surface area contributed by atoms with Gasteiger partial charge in [-0.3, -0.25) is 4.79 Å². The molecule has 0 fully saturated rings. The Morgan fingerprint density at radius 3 is 3.00 bits per heavy atom. The number of amides is 1. The second kappa shape index (κ2) is 3.12. The van der Waals surface area contributed by atoms with Gasteiger partial charge in [0.2, 0.25) is 11.8 Å². The normalized spacial score (nSPS) is 10.6. The van der Waals surface area contributed by atoms with Gasteiger partial charge in [0.05, 0.1) is 0 Å². The van der Waals surface area contributed by atoms with E-state index < -0.39 is 5.91 Å². The van der Waals surface area contributed by atoms with Crippen molar-refractivity contribution in [2.75, 3.05) is 0 Å². The van der Waals surface area contributed by atoms with Gasteiger partial charge in [0.1, 0.15) is 12.1 Å². The molecule has 0 aliphatic rings. The second-order valence-electron chi connectivity index (χ2n) is 2.81. The number of aliphatic hydroxyl groups is 1. The Balaban J connectivity index is 2.59. The number of hydrogen-bond donors (Lipinski definition) is 2. The molecule has 5 nitrogen and oxygen atoms in total. The lowest BCUT2D eigenvalue weighted by atomic mass is 10.2. The van der Waals surface area contributed by atoms with Crippen LogP contribution in [-0.2, 0) is 6.61 Å². The van der Waals surface area contributed by atoms with Gasteiger partial charge in [0, 0.05) is 5.56 Å². The summed E-state index contributed by atoms with van der Waals surface area (Å²) in [6.07, 6.45) is 0. The molecule has 2 rings (SSSR count). The van der Waals surface area contributed by atoms with E-state index in [2.05, 4.69) is 4.98 Å². The molecule has 0 aliphatic carbocycles. The zero-order valence-corrected chi connectivity index (χ0v) is 7.23. The second-order valence-corrected chi connectivity index (χ2v) is 2.81. The predicted molar refractivity (Wildman–Crippen MR) is 48.4 cm³/mol. The summed E-state index contributed by atoms with van der Waals surface area (Å²) < 4.78 is 5.14. The van der Waals surface area contributed by atoms with Crippen LogP contribution in [0.15, 0.2) is 22.6 Å². The van der Waals surface area contributed by atoms with Gasteiger partial charge in [-0.05, 0) is 18.2 Å². The molecule has 2 aromatic rings. The van der Waals surface area contributed by atoms with E-state index in [9.17, 15) is 4.79 Å². The fourth-order valence-corrected chi connectivity index (χ4v) is 1.19. The van der Waals surface area contributed by atoms with Crippen molar-refractivity contribution >= 4 is 17.0 Å². The minimum Gasteiger partial charge on any atom is -0.438 e. The zero-order chi connectivity index (χ0) is 10.1. The van der Waals surface area contributed by atoms with Crippen LogP contribution in [0.25, 0.3) is 11.1 Å². The molecule has 0 spiro atoms. The summed E-state index contributed by atoms with van der Waals surface area (Å²) in [6, 6.07) is 4.69. The summed E-state index contributed by atoms with van der Waals surface area (Å²) in [5.74, 6) is -0.296. The maximum atomic E-state index is 10.8. The molecular formula is C9H8N2O3. The lowest BCUT2D eigenvalue weighted by molar-refractivity contribution is 0.100. The van der Waals surface area contributed by atoms with E-state index in [4.69, 9.17) is 15.3 Å². The van der Waals surface area contributed by atoms with Gasteiger partial charge in [-0.15, -0.1) is 0 Å². The summed E-state index contributed by atoms with van der Waals surface area (Å²) in [5, 5.41) is 8.77. The lowest BCUT2D eigenvalue weighted by Gasteiger charge is -1.92. The van der Waals surface area contributed by atoms with E-state index in [1.165, 1.54) is 6.07 Å². The summed E-state index contributed by atoms with van der Waals surface area (Å²) in [4.78, 5) is 14.8. The molecule has 14 heavy (non-hydrogen) atoms. The quantitative estimate of drug-likeness (QED) is 0.721. The number of oxazole rings is 1. The third-order valence-electron chi connectivity index (χ3n) is 1.85. The monoisotopic (exact) mass is 192 g/mol. The van der Waals surface area contributed by atoms with Crippen molar-refractivity contribution in [1.82, 2.24) is 4.98 Å². The highest BCUT2D eigenvalue weighted by atomic mass is 16.4. The first-order valence-electron chi connectivity index (χ1n) is 4.01. The topological polar surface area (TPSA) is 89.4 Å². The Morgan fingerprint density at radius 2 is 2.36 bits per heavy atom. The fraction of sp³-hybridized carbons (Fsp3) is 0.111. The molecule has 0 unspecified atom stereocenters. The van der Waals surface area contributed by atoms with E-state index in [0.29, 0.717) is 16.7 Å². The fourth-order valence-electron chi connectivity index (χ4n) is 1.19. The maximum Gasteiger partial charge on any atom is 0.248 e. The molecule has 1 heterocycles.